The predicted molar refractivity (Wildman–Crippen MR) is 77.8 cm³/mol. The molecule has 0 heterocycles. The third kappa shape index (κ3) is 7.51. The largest absolute Gasteiger partial charge is 0.479 e. The van der Waals surface area contributed by atoms with E-state index in [0.29, 0.717) is 12.1 Å². The molecule has 1 rings (SSSR count). The van der Waals surface area contributed by atoms with Gasteiger partial charge in [0.15, 0.2) is 29.8 Å². The summed E-state index contributed by atoms with van der Waals surface area (Å²) in [5, 5.41) is 18.2. The molecular weight excluding hydrogens is 367 g/mol. The first kappa shape index (κ1) is 22.8. The zero-order chi connectivity index (χ0) is 19.6. The van der Waals surface area contributed by atoms with Gasteiger partial charge >= 0.3 is 12.1 Å². The van der Waals surface area contributed by atoms with Crippen LogP contribution in [0.15, 0.2) is 12.1 Å². The molecule has 1 aromatic carbocycles. The SMILES string of the molecule is NCCCP(=O)(O)C(O)c1cc(F)c(OCC(=O)O)c(F)c1.O=C=O. The second-order valence-corrected chi connectivity index (χ2v) is 7.02. The minimum atomic E-state index is -4.10. The maximum Gasteiger partial charge on any atom is 0.373 e. The zero-order valence-electron chi connectivity index (χ0n) is 12.7. The molecule has 0 saturated heterocycles. The van der Waals surface area contributed by atoms with E-state index in [9.17, 15) is 28.1 Å². The van der Waals surface area contributed by atoms with Crippen LogP contribution in [0.5, 0.6) is 5.75 Å². The van der Waals surface area contributed by atoms with Gasteiger partial charge in [-0.25, -0.2) is 13.6 Å². The monoisotopic (exact) mass is 383 g/mol. The van der Waals surface area contributed by atoms with E-state index in [1.165, 1.54) is 0 Å². The number of aliphatic hydroxyl groups excluding tert-OH is 1. The quantitative estimate of drug-likeness (QED) is 0.467. The van der Waals surface area contributed by atoms with E-state index in [1.54, 1.807) is 0 Å². The van der Waals surface area contributed by atoms with E-state index in [2.05, 4.69) is 4.74 Å². The molecule has 1 aromatic rings. The summed E-state index contributed by atoms with van der Waals surface area (Å²) in [5.74, 6) is -6.91. The molecule has 0 radical (unpaired) electrons. The van der Waals surface area contributed by atoms with E-state index in [1.807, 2.05) is 0 Å². The first-order valence-electron chi connectivity index (χ1n) is 6.63. The Bertz CT molecular complexity index is 655. The smallest absolute Gasteiger partial charge is 0.373 e. The van der Waals surface area contributed by atoms with Crippen molar-refractivity contribution >= 4 is 19.5 Å². The van der Waals surface area contributed by atoms with Gasteiger partial charge in [-0.3, -0.25) is 4.57 Å². The molecule has 5 N–H and O–H groups in total. The molecule has 140 valence electrons. The maximum atomic E-state index is 13.7. The molecule has 0 spiro atoms. The molecular formula is C13H16F2NO8P. The van der Waals surface area contributed by atoms with Crippen molar-refractivity contribution in [1.82, 2.24) is 0 Å². The molecule has 12 heteroatoms. The van der Waals surface area contributed by atoms with Crippen molar-refractivity contribution in [3.05, 3.63) is 29.3 Å². The summed E-state index contributed by atoms with van der Waals surface area (Å²) in [4.78, 5) is 36.3. The van der Waals surface area contributed by atoms with Crippen LogP contribution in [0.3, 0.4) is 0 Å². The number of hydrogen-bond donors (Lipinski definition) is 4. The number of aliphatic carboxylic acids is 1. The van der Waals surface area contributed by atoms with Gasteiger partial charge in [0.1, 0.15) is 0 Å². The highest BCUT2D eigenvalue weighted by Crippen LogP contribution is 2.54. The van der Waals surface area contributed by atoms with Crippen molar-refractivity contribution in [2.75, 3.05) is 19.3 Å². The average molecular weight is 383 g/mol. The van der Waals surface area contributed by atoms with E-state index >= 15 is 0 Å². The molecule has 0 saturated carbocycles. The van der Waals surface area contributed by atoms with Crippen LogP contribution in [-0.4, -0.2) is 46.5 Å². The average Bonchev–Trinajstić information content (AvgIpc) is 2.51. The fourth-order valence-electron chi connectivity index (χ4n) is 1.67. The first-order valence-corrected chi connectivity index (χ1v) is 8.54. The normalized spacial score (nSPS) is 13.6. The Kier molecular flexibility index (Phi) is 9.73. The summed E-state index contributed by atoms with van der Waals surface area (Å²) in [6.07, 6.45) is 0.112. The number of carbonyl (C=O) groups is 1. The van der Waals surface area contributed by atoms with E-state index < -0.39 is 48.7 Å². The zero-order valence-corrected chi connectivity index (χ0v) is 13.6. The van der Waals surface area contributed by atoms with E-state index in [4.69, 9.17) is 20.4 Å². The number of rotatable bonds is 8. The molecule has 2 unspecified atom stereocenters. The molecule has 0 aliphatic heterocycles. The number of halogens is 2. The van der Waals surface area contributed by atoms with Crippen molar-refractivity contribution in [3.63, 3.8) is 0 Å². The fourth-order valence-corrected chi connectivity index (χ4v) is 3.17. The Morgan fingerprint density at radius 3 is 2.20 bits per heavy atom. The topological polar surface area (TPSA) is 164 Å². The van der Waals surface area contributed by atoms with Gasteiger partial charge in [0, 0.05) is 6.16 Å². The van der Waals surface area contributed by atoms with Crippen LogP contribution in [0.2, 0.25) is 0 Å². The Morgan fingerprint density at radius 2 is 1.80 bits per heavy atom. The van der Waals surface area contributed by atoms with Crippen LogP contribution in [0.25, 0.3) is 0 Å². The van der Waals surface area contributed by atoms with E-state index in [0.717, 1.165) is 0 Å². The number of carbonyl (C=O) groups excluding carboxylic acids is 2. The molecule has 0 aromatic heterocycles. The van der Waals surface area contributed by atoms with Gasteiger partial charge in [-0.2, -0.15) is 9.59 Å². The number of ether oxygens (including phenoxy) is 1. The van der Waals surface area contributed by atoms with Crippen LogP contribution in [0.4, 0.5) is 8.78 Å². The molecule has 0 amide bonds. The Balaban J connectivity index is 0.00000178. The molecule has 0 aliphatic carbocycles. The summed E-state index contributed by atoms with van der Waals surface area (Å²) in [5.41, 5.74) is 4.76. The van der Waals surface area contributed by atoms with Crippen molar-refractivity contribution in [2.45, 2.75) is 12.3 Å². The van der Waals surface area contributed by atoms with Crippen LogP contribution in [0.1, 0.15) is 17.8 Å². The molecule has 25 heavy (non-hydrogen) atoms. The highest BCUT2D eigenvalue weighted by Gasteiger charge is 2.31. The highest BCUT2D eigenvalue weighted by atomic mass is 31.2. The van der Waals surface area contributed by atoms with Gasteiger partial charge in [0.25, 0.3) is 0 Å². The number of nitrogens with two attached hydrogens (primary N) is 1. The predicted octanol–water partition coefficient (Wildman–Crippen LogP) is 0.455. The maximum absolute atomic E-state index is 13.7. The van der Waals surface area contributed by atoms with Crippen LogP contribution < -0.4 is 10.5 Å². The van der Waals surface area contributed by atoms with Crippen molar-refractivity contribution < 1.29 is 47.6 Å². The summed E-state index contributed by atoms with van der Waals surface area (Å²) in [7, 11) is -4.10. The van der Waals surface area contributed by atoms with Crippen LogP contribution in [-0.2, 0) is 18.9 Å². The van der Waals surface area contributed by atoms with Gasteiger partial charge in [-0.05, 0) is 30.7 Å². The highest BCUT2D eigenvalue weighted by molar-refractivity contribution is 7.58. The van der Waals surface area contributed by atoms with Crippen molar-refractivity contribution in [1.29, 1.82) is 0 Å². The van der Waals surface area contributed by atoms with E-state index in [-0.39, 0.29) is 25.3 Å². The summed E-state index contributed by atoms with van der Waals surface area (Å²) >= 11 is 0. The Hall–Kier alpha value is -2.16. The molecule has 0 fully saturated rings. The second-order valence-electron chi connectivity index (χ2n) is 4.57. The van der Waals surface area contributed by atoms with Gasteiger partial charge in [0.2, 0.25) is 7.37 Å². The van der Waals surface area contributed by atoms with Gasteiger partial charge in [-0.1, -0.05) is 0 Å². The minimum absolute atomic E-state index is 0.127. The Morgan fingerprint density at radius 1 is 1.32 bits per heavy atom. The number of benzene rings is 1. The third-order valence-electron chi connectivity index (χ3n) is 2.72. The van der Waals surface area contributed by atoms with Crippen molar-refractivity contribution in [3.8, 4) is 5.75 Å². The van der Waals surface area contributed by atoms with Crippen LogP contribution in [0, 0.1) is 11.6 Å². The summed E-state index contributed by atoms with van der Waals surface area (Å²) in [6, 6.07) is 1.24. The minimum Gasteiger partial charge on any atom is -0.479 e. The lowest BCUT2D eigenvalue weighted by atomic mass is 10.2. The van der Waals surface area contributed by atoms with Gasteiger partial charge in [0.05, 0.1) is 0 Å². The summed E-state index contributed by atoms with van der Waals surface area (Å²) in [6.45, 7) is -0.827. The van der Waals surface area contributed by atoms with Gasteiger partial charge in [-0.15, -0.1) is 0 Å². The summed E-state index contributed by atoms with van der Waals surface area (Å²) < 4.78 is 43.7. The first-order chi connectivity index (χ1) is 11.6. The number of aliphatic hydroxyl groups is 1. The standard InChI is InChI=1S/C12H16F2NO6P.CO2/c13-8-4-7(12(18)22(19,20)3-1-2-15)5-9(14)11(8)21-6-10(16)17;2-1-3/h4-5,12,18H,1-3,6,15H2,(H,16,17)(H,19,20);. The lowest BCUT2D eigenvalue weighted by molar-refractivity contribution is -0.191. The Labute approximate surface area is 140 Å². The number of hydrogen-bond acceptors (Lipinski definition) is 7. The number of carboxylic acid groups (broad SMARTS) is 1. The fraction of sp³-hybridized carbons (Fsp3) is 0.385. The molecule has 2 atom stereocenters. The number of carboxylic acids is 1. The van der Waals surface area contributed by atoms with Crippen LogP contribution >= 0.6 is 7.37 Å². The van der Waals surface area contributed by atoms with Crippen molar-refractivity contribution in [2.24, 2.45) is 5.73 Å². The molecule has 9 nitrogen and oxygen atoms in total. The molecule has 0 bridgehead atoms. The lowest BCUT2D eigenvalue weighted by Crippen LogP contribution is -2.12. The third-order valence-corrected chi connectivity index (χ3v) is 4.74. The van der Waals surface area contributed by atoms with Gasteiger partial charge < -0.3 is 25.6 Å². The molecule has 0 aliphatic rings. The second kappa shape index (κ2) is 10.7. The lowest BCUT2D eigenvalue weighted by Gasteiger charge is -2.19.